The molecule has 28 heavy (non-hydrogen) atoms. The van der Waals surface area contributed by atoms with Gasteiger partial charge in [0.1, 0.15) is 0 Å². The number of imide groups is 1. The highest BCUT2D eigenvalue weighted by molar-refractivity contribution is 6.00. The number of nitrogens with one attached hydrogen (secondary N) is 1. The van der Waals surface area contributed by atoms with E-state index < -0.39 is 0 Å². The number of benzene rings is 1. The SMILES string of the molecule is CN1C(=O)CCC(c2ccc(N3CCN(CC4CCNCC4)CC3)cc2)C1=O. The fourth-order valence-electron chi connectivity index (χ4n) is 4.76. The van der Waals surface area contributed by atoms with E-state index in [0.717, 1.165) is 37.7 Å². The van der Waals surface area contributed by atoms with Gasteiger partial charge in [-0.3, -0.25) is 19.4 Å². The molecular formula is C22H32N4O2. The number of anilines is 1. The normalized spacial score (nSPS) is 25.4. The van der Waals surface area contributed by atoms with E-state index in [-0.39, 0.29) is 17.7 Å². The maximum atomic E-state index is 12.4. The third kappa shape index (κ3) is 4.23. The number of rotatable bonds is 4. The Hall–Kier alpha value is -1.92. The highest BCUT2D eigenvalue weighted by atomic mass is 16.2. The highest BCUT2D eigenvalue weighted by Gasteiger charge is 2.32. The summed E-state index contributed by atoms with van der Waals surface area (Å²) in [7, 11) is 1.59. The van der Waals surface area contributed by atoms with Gasteiger partial charge in [-0.25, -0.2) is 0 Å². The summed E-state index contributed by atoms with van der Waals surface area (Å²) < 4.78 is 0. The second-order valence-corrected chi connectivity index (χ2v) is 8.45. The van der Waals surface area contributed by atoms with Gasteiger partial charge in [0, 0.05) is 51.9 Å². The summed E-state index contributed by atoms with van der Waals surface area (Å²) in [5.74, 6) is 0.527. The van der Waals surface area contributed by atoms with Crippen LogP contribution in [-0.4, -0.2) is 74.5 Å². The number of likely N-dealkylation sites (N-methyl/N-ethyl adjacent to an activating group) is 1. The first-order valence-corrected chi connectivity index (χ1v) is 10.7. The first-order valence-electron chi connectivity index (χ1n) is 10.7. The molecule has 0 spiro atoms. The summed E-state index contributed by atoms with van der Waals surface area (Å²) in [6, 6.07) is 8.43. The van der Waals surface area contributed by atoms with Gasteiger partial charge in [0.2, 0.25) is 11.8 Å². The minimum absolute atomic E-state index is 0.0692. The molecule has 0 aliphatic carbocycles. The second kappa shape index (κ2) is 8.62. The van der Waals surface area contributed by atoms with Crippen molar-refractivity contribution in [2.75, 3.05) is 57.8 Å². The van der Waals surface area contributed by atoms with Crippen molar-refractivity contribution in [2.24, 2.45) is 5.92 Å². The molecule has 4 rings (SSSR count). The molecule has 1 aromatic rings. The van der Waals surface area contributed by atoms with Crippen LogP contribution in [0.2, 0.25) is 0 Å². The zero-order chi connectivity index (χ0) is 19.5. The highest BCUT2D eigenvalue weighted by Crippen LogP contribution is 2.30. The molecule has 152 valence electrons. The number of hydrogen-bond donors (Lipinski definition) is 1. The molecule has 1 unspecified atom stereocenters. The number of hydrogen-bond acceptors (Lipinski definition) is 5. The number of nitrogens with zero attached hydrogens (tertiary/aromatic N) is 3. The molecule has 3 aliphatic rings. The van der Waals surface area contributed by atoms with Crippen molar-refractivity contribution in [2.45, 2.75) is 31.6 Å². The van der Waals surface area contributed by atoms with Crippen molar-refractivity contribution < 1.29 is 9.59 Å². The smallest absolute Gasteiger partial charge is 0.236 e. The number of carbonyl (C=O) groups is 2. The fraction of sp³-hybridized carbons (Fsp3) is 0.636. The van der Waals surface area contributed by atoms with Crippen molar-refractivity contribution in [3.05, 3.63) is 29.8 Å². The summed E-state index contributed by atoms with van der Waals surface area (Å²) in [5, 5.41) is 3.45. The van der Waals surface area contributed by atoms with Gasteiger partial charge in [-0.1, -0.05) is 12.1 Å². The zero-order valence-electron chi connectivity index (χ0n) is 16.9. The second-order valence-electron chi connectivity index (χ2n) is 8.45. The molecule has 0 bridgehead atoms. The van der Waals surface area contributed by atoms with Gasteiger partial charge in [-0.2, -0.15) is 0 Å². The van der Waals surface area contributed by atoms with Gasteiger partial charge < -0.3 is 10.2 Å². The van der Waals surface area contributed by atoms with Crippen LogP contribution in [0.5, 0.6) is 0 Å². The maximum Gasteiger partial charge on any atom is 0.236 e. The maximum absolute atomic E-state index is 12.4. The summed E-state index contributed by atoms with van der Waals surface area (Å²) in [6.07, 6.45) is 3.69. The average molecular weight is 385 g/mol. The Morgan fingerprint density at radius 3 is 2.32 bits per heavy atom. The van der Waals surface area contributed by atoms with Gasteiger partial charge in [-0.15, -0.1) is 0 Å². The zero-order valence-corrected chi connectivity index (χ0v) is 16.9. The van der Waals surface area contributed by atoms with E-state index in [9.17, 15) is 9.59 Å². The first-order chi connectivity index (χ1) is 13.6. The largest absolute Gasteiger partial charge is 0.369 e. The molecule has 1 atom stereocenters. The Balaban J connectivity index is 1.31. The molecule has 0 saturated carbocycles. The molecular weight excluding hydrogens is 352 g/mol. The molecule has 6 nitrogen and oxygen atoms in total. The summed E-state index contributed by atoms with van der Waals surface area (Å²) in [4.78, 5) is 30.4. The quantitative estimate of drug-likeness (QED) is 0.801. The van der Waals surface area contributed by atoms with Crippen LogP contribution >= 0.6 is 0 Å². The molecule has 0 radical (unpaired) electrons. The predicted molar refractivity (Wildman–Crippen MR) is 110 cm³/mol. The van der Waals surface area contributed by atoms with Gasteiger partial charge in [0.15, 0.2) is 0 Å². The Morgan fingerprint density at radius 2 is 1.64 bits per heavy atom. The number of piperazine rings is 1. The molecule has 2 amide bonds. The average Bonchev–Trinajstić information content (AvgIpc) is 2.74. The number of carbonyl (C=O) groups excluding carboxylic acids is 2. The third-order valence-corrected chi connectivity index (χ3v) is 6.66. The summed E-state index contributed by atoms with van der Waals surface area (Å²) >= 11 is 0. The lowest BCUT2D eigenvalue weighted by molar-refractivity contribution is -0.147. The lowest BCUT2D eigenvalue weighted by atomic mass is 9.89. The minimum atomic E-state index is -0.182. The van der Waals surface area contributed by atoms with Crippen molar-refractivity contribution in [3.63, 3.8) is 0 Å². The predicted octanol–water partition coefficient (Wildman–Crippen LogP) is 1.67. The Kier molecular flexibility index (Phi) is 5.97. The van der Waals surface area contributed by atoms with Crippen LogP contribution in [0.1, 0.15) is 37.2 Å². The van der Waals surface area contributed by atoms with Crippen LogP contribution < -0.4 is 10.2 Å². The van der Waals surface area contributed by atoms with Crippen LogP contribution in [0.25, 0.3) is 0 Å². The Labute approximate surface area is 167 Å². The number of amides is 2. The lowest BCUT2D eigenvalue weighted by Gasteiger charge is -2.38. The van der Waals surface area contributed by atoms with Crippen molar-refractivity contribution in [1.29, 1.82) is 0 Å². The summed E-state index contributed by atoms with van der Waals surface area (Å²) in [5.41, 5.74) is 2.26. The molecule has 3 heterocycles. The number of piperidine rings is 2. The Morgan fingerprint density at radius 1 is 0.964 bits per heavy atom. The molecule has 1 N–H and O–H groups in total. The minimum Gasteiger partial charge on any atom is -0.369 e. The van der Waals surface area contributed by atoms with Crippen molar-refractivity contribution in [3.8, 4) is 0 Å². The molecule has 3 fully saturated rings. The van der Waals surface area contributed by atoms with Crippen LogP contribution in [0, 0.1) is 5.92 Å². The monoisotopic (exact) mass is 384 g/mol. The molecule has 1 aromatic carbocycles. The topological polar surface area (TPSA) is 55.9 Å². The number of likely N-dealkylation sites (tertiary alicyclic amines) is 1. The van der Waals surface area contributed by atoms with Gasteiger partial charge in [0.05, 0.1) is 5.92 Å². The summed E-state index contributed by atoms with van der Waals surface area (Å²) in [6.45, 7) is 7.95. The van der Waals surface area contributed by atoms with E-state index in [1.807, 2.05) is 0 Å². The van der Waals surface area contributed by atoms with Crippen LogP contribution in [0.4, 0.5) is 5.69 Å². The van der Waals surface area contributed by atoms with Gasteiger partial charge >= 0.3 is 0 Å². The van der Waals surface area contributed by atoms with Crippen molar-refractivity contribution >= 4 is 17.5 Å². The molecule has 3 saturated heterocycles. The van der Waals surface area contributed by atoms with E-state index in [4.69, 9.17) is 0 Å². The van der Waals surface area contributed by atoms with E-state index >= 15 is 0 Å². The van der Waals surface area contributed by atoms with Gasteiger partial charge in [-0.05, 0) is 56.0 Å². The van der Waals surface area contributed by atoms with Crippen LogP contribution in [-0.2, 0) is 9.59 Å². The van der Waals surface area contributed by atoms with Crippen LogP contribution in [0.3, 0.4) is 0 Å². The van der Waals surface area contributed by atoms with E-state index in [2.05, 4.69) is 39.4 Å². The van der Waals surface area contributed by atoms with Gasteiger partial charge in [0.25, 0.3) is 0 Å². The molecule has 6 heteroatoms. The lowest BCUT2D eigenvalue weighted by Crippen LogP contribution is -2.48. The van der Waals surface area contributed by atoms with Crippen molar-refractivity contribution in [1.82, 2.24) is 15.1 Å². The molecule has 3 aliphatic heterocycles. The standard InChI is InChI=1S/C22H32N4O2/c1-24-21(27)7-6-20(22(24)28)18-2-4-19(5-3-18)26-14-12-25(13-15-26)16-17-8-10-23-11-9-17/h2-5,17,20,23H,6-16H2,1H3. The Bertz CT molecular complexity index is 691. The third-order valence-electron chi connectivity index (χ3n) is 6.66. The van der Waals surface area contributed by atoms with E-state index in [0.29, 0.717) is 12.8 Å². The van der Waals surface area contributed by atoms with E-state index in [1.54, 1.807) is 7.05 Å². The first kappa shape index (κ1) is 19.4. The fourth-order valence-corrected chi connectivity index (χ4v) is 4.76. The van der Waals surface area contributed by atoms with E-state index in [1.165, 1.54) is 43.1 Å². The van der Waals surface area contributed by atoms with Crippen LogP contribution in [0.15, 0.2) is 24.3 Å². The molecule has 0 aromatic heterocycles.